The van der Waals surface area contributed by atoms with Gasteiger partial charge in [-0.05, 0) is 50.2 Å². The lowest BCUT2D eigenvalue weighted by atomic mass is 9.97. The van der Waals surface area contributed by atoms with Crippen molar-refractivity contribution in [3.8, 4) is 11.4 Å². The van der Waals surface area contributed by atoms with Gasteiger partial charge in [-0.15, -0.1) is 0 Å². The Balaban J connectivity index is 1.28. The van der Waals surface area contributed by atoms with E-state index in [0.29, 0.717) is 23.9 Å². The number of carbonyl (C=O) groups is 1. The first-order valence-corrected chi connectivity index (χ1v) is 9.34. The van der Waals surface area contributed by atoms with Gasteiger partial charge in [0.1, 0.15) is 5.82 Å². The SMILES string of the molecule is O=C(CN1CCC(c2nc(-c3ccccc3)no2)CC1)Nc1ccc(F)cc1. The van der Waals surface area contributed by atoms with E-state index >= 15 is 0 Å². The third-order valence-corrected chi connectivity index (χ3v) is 4.91. The number of piperidine rings is 1. The Morgan fingerprint density at radius 3 is 2.54 bits per heavy atom. The molecule has 1 aliphatic heterocycles. The largest absolute Gasteiger partial charge is 0.339 e. The minimum Gasteiger partial charge on any atom is -0.339 e. The van der Waals surface area contributed by atoms with Gasteiger partial charge in [0.15, 0.2) is 0 Å². The number of halogens is 1. The van der Waals surface area contributed by atoms with Crippen LogP contribution >= 0.6 is 0 Å². The quantitative estimate of drug-likeness (QED) is 0.731. The Kier molecular flexibility index (Phi) is 5.43. The number of rotatable bonds is 5. The third kappa shape index (κ3) is 4.43. The zero-order chi connectivity index (χ0) is 19.3. The summed E-state index contributed by atoms with van der Waals surface area (Å²) < 4.78 is 18.4. The van der Waals surface area contributed by atoms with E-state index in [4.69, 9.17) is 4.52 Å². The minimum atomic E-state index is -0.323. The first-order chi connectivity index (χ1) is 13.7. The van der Waals surface area contributed by atoms with E-state index in [2.05, 4.69) is 20.4 Å². The summed E-state index contributed by atoms with van der Waals surface area (Å²) in [7, 11) is 0. The molecule has 4 rings (SSSR count). The molecule has 7 heteroatoms. The zero-order valence-corrected chi connectivity index (χ0v) is 15.3. The van der Waals surface area contributed by atoms with Gasteiger partial charge in [-0.25, -0.2) is 4.39 Å². The Morgan fingerprint density at radius 2 is 1.82 bits per heavy atom. The van der Waals surface area contributed by atoms with Gasteiger partial charge in [0.05, 0.1) is 6.54 Å². The summed E-state index contributed by atoms with van der Waals surface area (Å²) in [6.07, 6.45) is 1.72. The van der Waals surface area contributed by atoms with Crippen molar-refractivity contribution >= 4 is 11.6 Å². The first-order valence-electron chi connectivity index (χ1n) is 9.34. The van der Waals surface area contributed by atoms with Gasteiger partial charge in [-0.2, -0.15) is 4.98 Å². The molecule has 6 nitrogen and oxygen atoms in total. The molecule has 2 aromatic carbocycles. The molecule has 0 atom stereocenters. The van der Waals surface area contributed by atoms with Crippen LogP contribution in [-0.2, 0) is 4.79 Å². The predicted octanol–water partition coefficient (Wildman–Crippen LogP) is 3.69. The minimum absolute atomic E-state index is 0.103. The molecule has 0 aliphatic carbocycles. The number of hydrogen-bond donors (Lipinski definition) is 1. The van der Waals surface area contributed by atoms with Crippen LogP contribution in [0.1, 0.15) is 24.7 Å². The summed E-state index contributed by atoms with van der Waals surface area (Å²) >= 11 is 0. The number of likely N-dealkylation sites (tertiary alicyclic amines) is 1. The maximum Gasteiger partial charge on any atom is 0.238 e. The zero-order valence-electron chi connectivity index (χ0n) is 15.3. The Morgan fingerprint density at radius 1 is 1.11 bits per heavy atom. The number of hydrogen-bond acceptors (Lipinski definition) is 5. The van der Waals surface area contributed by atoms with Crippen LogP contribution in [0, 0.1) is 5.82 Å². The van der Waals surface area contributed by atoms with Crippen molar-refractivity contribution < 1.29 is 13.7 Å². The molecule has 1 N–H and O–H groups in total. The van der Waals surface area contributed by atoms with E-state index in [-0.39, 0.29) is 17.6 Å². The third-order valence-electron chi connectivity index (χ3n) is 4.91. The van der Waals surface area contributed by atoms with E-state index in [1.165, 1.54) is 12.1 Å². The fourth-order valence-electron chi connectivity index (χ4n) is 3.38. The van der Waals surface area contributed by atoms with E-state index in [1.807, 2.05) is 30.3 Å². The summed E-state index contributed by atoms with van der Waals surface area (Å²) in [5, 5.41) is 6.88. The molecule has 2 heterocycles. The van der Waals surface area contributed by atoms with E-state index in [0.717, 1.165) is 31.5 Å². The predicted molar refractivity (Wildman–Crippen MR) is 103 cm³/mol. The lowest BCUT2D eigenvalue weighted by Gasteiger charge is -2.29. The molecule has 1 amide bonds. The smallest absolute Gasteiger partial charge is 0.238 e. The number of nitrogens with one attached hydrogen (secondary N) is 1. The number of carbonyl (C=O) groups excluding carboxylic acids is 1. The van der Waals surface area contributed by atoms with Crippen LogP contribution in [0.5, 0.6) is 0 Å². The van der Waals surface area contributed by atoms with Crippen molar-refractivity contribution in [2.45, 2.75) is 18.8 Å². The number of anilines is 1. The van der Waals surface area contributed by atoms with Crippen molar-refractivity contribution in [1.82, 2.24) is 15.0 Å². The molecular weight excluding hydrogens is 359 g/mol. The van der Waals surface area contributed by atoms with Gasteiger partial charge in [0, 0.05) is 17.2 Å². The molecule has 0 spiro atoms. The van der Waals surface area contributed by atoms with Crippen molar-refractivity contribution in [2.75, 3.05) is 25.0 Å². The van der Waals surface area contributed by atoms with Crippen LogP contribution in [0.2, 0.25) is 0 Å². The second-order valence-electron chi connectivity index (χ2n) is 6.93. The monoisotopic (exact) mass is 380 g/mol. The maximum atomic E-state index is 12.9. The maximum absolute atomic E-state index is 12.9. The van der Waals surface area contributed by atoms with Crippen molar-refractivity contribution in [3.05, 3.63) is 66.3 Å². The molecule has 1 aromatic heterocycles. The molecule has 1 fully saturated rings. The van der Waals surface area contributed by atoms with Gasteiger partial charge in [-0.3, -0.25) is 9.69 Å². The van der Waals surface area contributed by atoms with Crippen LogP contribution in [0.25, 0.3) is 11.4 Å². The highest BCUT2D eigenvalue weighted by Crippen LogP contribution is 2.28. The van der Waals surface area contributed by atoms with Crippen molar-refractivity contribution in [1.29, 1.82) is 0 Å². The summed E-state index contributed by atoms with van der Waals surface area (Å²) in [6, 6.07) is 15.5. The molecule has 1 saturated heterocycles. The fourth-order valence-corrected chi connectivity index (χ4v) is 3.38. The number of aromatic nitrogens is 2. The van der Waals surface area contributed by atoms with Gasteiger partial charge in [-0.1, -0.05) is 35.5 Å². The second-order valence-corrected chi connectivity index (χ2v) is 6.93. The second kappa shape index (κ2) is 8.31. The molecule has 28 heavy (non-hydrogen) atoms. The highest BCUT2D eigenvalue weighted by atomic mass is 19.1. The Bertz CT molecular complexity index is 919. The average Bonchev–Trinajstić information content (AvgIpc) is 3.21. The molecule has 0 saturated carbocycles. The lowest BCUT2D eigenvalue weighted by molar-refractivity contribution is -0.117. The molecule has 1 aliphatic rings. The average molecular weight is 380 g/mol. The summed E-state index contributed by atoms with van der Waals surface area (Å²) in [5.74, 6) is 1.05. The van der Waals surface area contributed by atoms with Gasteiger partial charge >= 0.3 is 0 Å². The van der Waals surface area contributed by atoms with Gasteiger partial charge in [0.2, 0.25) is 17.6 Å². The standard InChI is InChI=1S/C21H21FN4O2/c22-17-6-8-18(9-7-17)23-19(27)14-26-12-10-16(11-13-26)21-24-20(25-28-21)15-4-2-1-3-5-15/h1-9,16H,10-14H2,(H,23,27). The number of amides is 1. The van der Waals surface area contributed by atoms with Gasteiger partial charge in [0.25, 0.3) is 0 Å². The summed E-state index contributed by atoms with van der Waals surface area (Å²) in [4.78, 5) is 18.8. The van der Waals surface area contributed by atoms with Crippen LogP contribution in [-0.4, -0.2) is 40.6 Å². The van der Waals surface area contributed by atoms with Crippen molar-refractivity contribution in [3.63, 3.8) is 0 Å². The Labute approximate surface area is 162 Å². The normalized spacial score (nSPS) is 15.5. The molecule has 0 unspecified atom stereocenters. The van der Waals surface area contributed by atoms with E-state index < -0.39 is 0 Å². The van der Waals surface area contributed by atoms with E-state index in [9.17, 15) is 9.18 Å². The van der Waals surface area contributed by atoms with Crippen LogP contribution in [0.15, 0.2) is 59.1 Å². The lowest BCUT2D eigenvalue weighted by Crippen LogP contribution is -2.38. The van der Waals surface area contributed by atoms with Gasteiger partial charge < -0.3 is 9.84 Å². The summed E-state index contributed by atoms with van der Waals surface area (Å²) in [6.45, 7) is 1.87. The topological polar surface area (TPSA) is 71.3 Å². The number of nitrogens with zero attached hydrogens (tertiary/aromatic N) is 3. The van der Waals surface area contributed by atoms with Crippen LogP contribution < -0.4 is 5.32 Å². The number of benzene rings is 2. The van der Waals surface area contributed by atoms with Crippen LogP contribution in [0.3, 0.4) is 0 Å². The molecular formula is C21H21FN4O2. The Hall–Kier alpha value is -3.06. The first kappa shape index (κ1) is 18.3. The highest BCUT2D eigenvalue weighted by molar-refractivity contribution is 5.92. The molecule has 144 valence electrons. The molecule has 0 radical (unpaired) electrons. The molecule has 3 aromatic rings. The van der Waals surface area contributed by atoms with E-state index in [1.54, 1.807) is 12.1 Å². The summed E-state index contributed by atoms with van der Waals surface area (Å²) in [5.41, 5.74) is 1.54. The highest BCUT2D eigenvalue weighted by Gasteiger charge is 2.26. The molecule has 0 bridgehead atoms. The fraction of sp³-hybridized carbons (Fsp3) is 0.286. The van der Waals surface area contributed by atoms with Crippen LogP contribution in [0.4, 0.5) is 10.1 Å². The van der Waals surface area contributed by atoms with Crippen molar-refractivity contribution in [2.24, 2.45) is 0 Å².